The van der Waals surface area contributed by atoms with Crippen LogP contribution in [0.25, 0.3) is 21.8 Å². The molecular weight excluding hydrogens is 244 g/mol. The number of fused-ring (bicyclic) bond motifs is 3. The average Bonchev–Trinajstić information content (AvgIpc) is 2.74. The largest absolute Gasteiger partial charge is 0.355 e. The Kier molecular flexibility index (Phi) is 2.50. The summed E-state index contributed by atoms with van der Waals surface area (Å²) < 4.78 is 0. The Morgan fingerprint density at radius 2 is 1.94 bits per heavy atom. The number of aromatic nitrogens is 1. The van der Waals surface area contributed by atoms with Crippen LogP contribution in [0.5, 0.6) is 0 Å². The van der Waals surface area contributed by atoms with Crippen molar-refractivity contribution in [3.63, 3.8) is 0 Å². The molecule has 3 aromatic rings. The number of hydrogen-bond donors (Lipinski definition) is 1. The number of benzene rings is 2. The molecule has 88 valence electrons. The molecule has 18 heavy (non-hydrogen) atoms. The Morgan fingerprint density at radius 1 is 1.11 bits per heavy atom. The molecule has 1 heterocycles. The Balaban J connectivity index is 2.31. The minimum Gasteiger partial charge on any atom is -0.355 e. The minimum atomic E-state index is -0.0931. The summed E-state index contributed by atoms with van der Waals surface area (Å²) in [6, 6.07) is 14.2. The molecule has 0 unspecified atom stereocenters. The first-order valence-corrected chi connectivity index (χ1v) is 6.17. The molecule has 0 fully saturated rings. The lowest BCUT2D eigenvalue weighted by Crippen LogP contribution is -1.88. The second-order valence-electron chi connectivity index (χ2n) is 4.47. The summed E-state index contributed by atoms with van der Waals surface area (Å²) in [6.45, 7) is 1.90. The summed E-state index contributed by atoms with van der Waals surface area (Å²) in [4.78, 5) is 3.36. The summed E-state index contributed by atoms with van der Waals surface area (Å²) in [6.07, 6.45) is 0. The molecule has 0 spiro atoms. The molecule has 2 nitrogen and oxygen atoms in total. The average molecular weight is 255 g/mol. The fraction of sp³-hybridized carbons (Fsp3) is 0.133. The van der Waals surface area contributed by atoms with Gasteiger partial charge in [0.15, 0.2) is 0 Å². The standard InChI is InChI=1S/C15H11ClN2/c1-9(8-17)10-2-4-12-13-7-11(16)3-5-14(13)18-15(12)6-10/h2-7,9,18H,1H3/t9-/m0/s1. The van der Waals surface area contributed by atoms with Crippen LogP contribution in [0.1, 0.15) is 18.4 Å². The minimum absolute atomic E-state index is 0.0931. The van der Waals surface area contributed by atoms with Gasteiger partial charge >= 0.3 is 0 Å². The highest BCUT2D eigenvalue weighted by Crippen LogP contribution is 2.29. The summed E-state index contributed by atoms with van der Waals surface area (Å²) in [7, 11) is 0. The van der Waals surface area contributed by atoms with E-state index in [2.05, 4.69) is 11.1 Å². The summed E-state index contributed by atoms with van der Waals surface area (Å²) in [5, 5.41) is 12.0. The number of rotatable bonds is 1. The zero-order valence-corrected chi connectivity index (χ0v) is 10.6. The van der Waals surface area contributed by atoms with Gasteiger partial charge in [-0.05, 0) is 36.8 Å². The van der Waals surface area contributed by atoms with Crippen molar-refractivity contribution < 1.29 is 0 Å². The van der Waals surface area contributed by atoms with Crippen LogP contribution in [0.15, 0.2) is 36.4 Å². The van der Waals surface area contributed by atoms with Crippen LogP contribution in [-0.2, 0) is 0 Å². The van der Waals surface area contributed by atoms with Gasteiger partial charge < -0.3 is 4.98 Å². The lowest BCUT2D eigenvalue weighted by atomic mass is 10.0. The van der Waals surface area contributed by atoms with Gasteiger partial charge in [0.2, 0.25) is 0 Å². The number of nitrogens with zero attached hydrogens (tertiary/aromatic N) is 1. The van der Waals surface area contributed by atoms with Crippen LogP contribution in [-0.4, -0.2) is 4.98 Å². The highest BCUT2D eigenvalue weighted by atomic mass is 35.5. The highest BCUT2D eigenvalue weighted by Gasteiger charge is 2.08. The number of nitrogens with one attached hydrogen (secondary N) is 1. The van der Waals surface area contributed by atoms with E-state index < -0.39 is 0 Å². The van der Waals surface area contributed by atoms with Gasteiger partial charge in [0.25, 0.3) is 0 Å². The van der Waals surface area contributed by atoms with Crippen LogP contribution in [0.4, 0.5) is 0 Å². The maximum Gasteiger partial charge on any atom is 0.0700 e. The third kappa shape index (κ3) is 1.64. The smallest absolute Gasteiger partial charge is 0.0700 e. The van der Waals surface area contributed by atoms with E-state index in [4.69, 9.17) is 16.9 Å². The van der Waals surface area contributed by atoms with Crippen LogP contribution in [0, 0.1) is 11.3 Å². The molecule has 0 amide bonds. The Morgan fingerprint density at radius 3 is 2.72 bits per heavy atom. The van der Waals surface area contributed by atoms with Crippen molar-refractivity contribution in [2.45, 2.75) is 12.8 Å². The van der Waals surface area contributed by atoms with E-state index in [1.54, 1.807) is 0 Å². The van der Waals surface area contributed by atoms with Crippen molar-refractivity contribution in [3.05, 3.63) is 47.0 Å². The van der Waals surface area contributed by atoms with Crippen molar-refractivity contribution in [2.24, 2.45) is 0 Å². The van der Waals surface area contributed by atoms with Gasteiger partial charge in [-0.2, -0.15) is 5.26 Å². The summed E-state index contributed by atoms with van der Waals surface area (Å²) in [5.74, 6) is -0.0931. The molecule has 0 aliphatic rings. The molecule has 3 heteroatoms. The topological polar surface area (TPSA) is 39.6 Å². The van der Waals surface area contributed by atoms with Gasteiger partial charge in [-0.25, -0.2) is 0 Å². The number of hydrogen-bond acceptors (Lipinski definition) is 1. The second-order valence-corrected chi connectivity index (χ2v) is 4.91. The van der Waals surface area contributed by atoms with Crippen molar-refractivity contribution in [1.82, 2.24) is 4.98 Å². The zero-order chi connectivity index (χ0) is 12.7. The van der Waals surface area contributed by atoms with E-state index in [1.165, 1.54) is 0 Å². The molecule has 3 rings (SSSR count). The fourth-order valence-corrected chi connectivity index (χ4v) is 2.41. The predicted molar refractivity (Wildman–Crippen MR) is 74.8 cm³/mol. The molecule has 0 saturated heterocycles. The van der Waals surface area contributed by atoms with Gasteiger partial charge in [-0.1, -0.05) is 23.7 Å². The van der Waals surface area contributed by atoms with Crippen molar-refractivity contribution in [3.8, 4) is 6.07 Å². The summed E-state index contributed by atoms with van der Waals surface area (Å²) in [5.41, 5.74) is 3.14. The first-order valence-electron chi connectivity index (χ1n) is 5.79. The molecule has 0 aliphatic heterocycles. The van der Waals surface area contributed by atoms with E-state index in [-0.39, 0.29) is 5.92 Å². The van der Waals surface area contributed by atoms with Crippen molar-refractivity contribution in [1.29, 1.82) is 5.26 Å². The van der Waals surface area contributed by atoms with Gasteiger partial charge in [0.1, 0.15) is 0 Å². The Hall–Kier alpha value is -1.98. The molecule has 0 saturated carbocycles. The second kappa shape index (κ2) is 4.04. The van der Waals surface area contributed by atoms with Crippen LogP contribution in [0.2, 0.25) is 5.02 Å². The lowest BCUT2D eigenvalue weighted by molar-refractivity contribution is 0.984. The first-order chi connectivity index (χ1) is 8.69. The predicted octanol–water partition coefficient (Wildman–Crippen LogP) is 4.60. The van der Waals surface area contributed by atoms with Crippen molar-refractivity contribution in [2.75, 3.05) is 0 Å². The molecule has 1 N–H and O–H groups in total. The van der Waals surface area contributed by atoms with Gasteiger partial charge in [-0.3, -0.25) is 0 Å². The quantitative estimate of drug-likeness (QED) is 0.677. The highest BCUT2D eigenvalue weighted by molar-refractivity contribution is 6.31. The molecule has 2 aromatic carbocycles. The van der Waals surface area contributed by atoms with Crippen molar-refractivity contribution >= 4 is 33.4 Å². The fourth-order valence-electron chi connectivity index (χ4n) is 2.24. The molecule has 0 radical (unpaired) electrons. The van der Waals surface area contributed by atoms with E-state index in [0.29, 0.717) is 0 Å². The molecular formula is C15H11ClN2. The third-order valence-corrected chi connectivity index (χ3v) is 3.51. The molecule has 1 aromatic heterocycles. The zero-order valence-electron chi connectivity index (χ0n) is 9.87. The van der Waals surface area contributed by atoms with E-state index in [0.717, 1.165) is 32.4 Å². The van der Waals surface area contributed by atoms with Crippen LogP contribution in [0.3, 0.4) is 0 Å². The molecule has 0 aliphatic carbocycles. The lowest BCUT2D eigenvalue weighted by Gasteiger charge is -2.02. The number of nitriles is 1. The number of halogens is 1. The molecule has 1 atom stereocenters. The first kappa shape index (κ1) is 11.1. The monoisotopic (exact) mass is 254 g/mol. The van der Waals surface area contributed by atoms with Gasteiger partial charge in [0.05, 0.1) is 12.0 Å². The Bertz CT molecular complexity index is 780. The maximum absolute atomic E-state index is 8.96. The maximum atomic E-state index is 8.96. The summed E-state index contributed by atoms with van der Waals surface area (Å²) >= 11 is 6.02. The van der Waals surface area contributed by atoms with E-state index >= 15 is 0 Å². The van der Waals surface area contributed by atoms with E-state index in [1.807, 2.05) is 43.3 Å². The normalized spacial score (nSPS) is 12.7. The number of aromatic amines is 1. The Labute approximate surface area is 110 Å². The van der Waals surface area contributed by atoms with E-state index in [9.17, 15) is 0 Å². The van der Waals surface area contributed by atoms with Crippen LogP contribution >= 0.6 is 11.6 Å². The number of H-pyrrole nitrogens is 1. The molecule has 0 bridgehead atoms. The van der Waals surface area contributed by atoms with Gasteiger partial charge in [0, 0.05) is 26.8 Å². The SMILES string of the molecule is C[C@@H](C#N)c1ccc2c(c1)[nH]c1ccc(Cl)cc12. The van der Waals surface area contributed by atoms with Gasteiger partial charge in [-0.15, -0.1) is 0 Å². The third-order valence-electron chi connectivity index (χ3n) is 3.28. The van der Waals surface area contributed by atoms with Crippen LogP contribution < -0.4 is 0 Å².